The van der Waals surface area contributed by atoms with Crippen molar-refractivity contribution >= 4 is 35.0 Å². The van der Waals surface area contributed by atoms with Crippen molar-refractivity contribution in [3.05, 3.63) is 39.3 Å². The largest absolute Gasteiger partial charge is 0.492 e. The van der Waals surface area contributed by atoms with E-state index in [-0.39, 0.29) is 5.91 Å². The van der Waals surface area contributed by atoms with Crippen LogP contribution < -0.4 is 5.32 Å². The van der Waals surface area contributed by atoms with Crippen LogP contribution in [0.3, 0.4) is 0 Å². The minimum absolute atomic E-state index is 0.0830. The quantitative estimate of drug-likeness (QED) is 0.789. The molecule has 1 N–H and O–H groups in total. The van der Waals surface area contributed by atoms with Crippen LogP contribution in [0.25, 0.3) is 6.08 Å². The van der Waals surface area contributed by atoms with Crippen molar-refractivity contribution in [2.45, 2.75) is 52.7 Å². The van der Waals surface area contributed by atoms with Crippen LogP contribution in [0.2, 0.25) is 0 Å². The fourth-order valence-corrected chi connectivity index (χ4v) is 2.98. The molecule has 0 radical (unpaired) electrons. The molecule has 0 aromatic heterocycles. The third kappa shape index (κ3) is 4.29. The Kier molecular flexibility index (Phi) is 5.62. The molecule has 1 heterocycles. The van der Waals surface area contributed by atoms with E-state index >= 15 is 0 Å². The maximum atomic E-state index is 11.4. The summed E-state index contributed by atoms with van der Waals surface area (Å²) in [5.74, 6) is -0.0830. The summed E-state index contributed by atoms with van der Waals surface area (Å²) in [5, 5.41) is 2.85. The minimum Gasteiger partial charge on any atom is -0.400 e. The molecule has 1 amide bonds. The summed E-state index contributed by atoms with van der Waals surface area (Å²) in [6, 6.07) is 6.15. The molecule has 6 heteroatoms. The number of nitrogens with one attached hydrogen (secondary N) is 1. The molecule has 130 valence electrons. The van der Waals surface area contributed by atoms with E-state index in [4.69, 9.17) is 9.31 Å². The van der Waals surface area contributed by atoms with E-state index in [9.17, 15) is 4.79 Å². The van der Waals surface area contributed by atoms with Crippen molar-refractivity contribution in [1.82, 2.24) is 5.32 Å². The number of carbonyl (C=O) groups excluding carboxylic acids is 1. The van der Waals surface area contributed by atoms with Gasteiger partial charge in [0, 0.05) is 17.9 Å². The monoisotopic (exact) mass is 393 g/mol. The minimum atomic E-state index is -0.491. The molecule has 0 atom stereocenters. The lowest BCUT2D eigenvalue weighted by atomic mass is 9.77. The fraction of sp³-hybridized carbons (Fsp3) is 0.500. The summed E-state index contributed by atoms with van der Waals surface area (Å²) < 4.78 is 13.3. The van der Waals surface area contributed by atoms with E-state index in [0.717, 1.165) is 15.5 Å². The summed E-state index contributed by atoms with van der Waals surface area (Å²) in [4.78, 5) is 11.4. The van der Waals surface area contributed by atoms with E-state index in [1.165, 1.54) is 12.5 Å². The van der Waals surface area contributed by atoms with E-state index in [1.807, 2.05) is 46.8 Å². The van der Waals surface area contributed by atoms with Crippen LogP contribution in [0.15, 0.2) is 28.1 Å². The van der Waals surface area contributed by atoms with E-state index in [1.54, 1.807) is 0 Å². The first-order valence-corrected chi connectivity index (χ1v) is 8.88. The molecule has 0 saturated carbocycles. The highest BCUT2D eigenvalue weighted by Gasteiger charge is 2.52. The standard InChI is InChI=1S/C18H25BBrNO3/c1-12-7-8-14(16(20)9-12)10-15(11-21-13(2)22)19-23-17(3,4)18(5,6)24-19/h7-10H,11H2,1-6H3,(H,21,22). The second-order valence-corrected chi connectivity index (χ2v) is 8.10. The zero-order chi connectivity index (χ0) is 18.1. The molecule has 1 saturated heterocycles. The lowest BCUT2D eigenvalue weighted by molar-refractivity contribution is -0.118. The normalized spacial score (nSPS) is 19.5. The number of benzene rings is 1. The molecule has 0 bridgehead atoms. The van der Waals surface area contributed by atoms with Gasteiger partial charge in [0.15, 0.2) is 0 Å². The van der Waals surface area contributed by atoms with Crippen molar-refractivity contribution < 1.29 is 14.1 Å². The van der Waals surface area contributed by atoms with Crippen molar-refractivity contribution in [3.63, 3.8) is 0 Å². The number of amides is 1. The van der Waals surface area contributed by atoms with E-state index in [2.05, 4.69) is 33.4 Å². The van der Waals surface area contributed by atoms with Crippen LogP contribution in [0.5, 0.6) is 0 Å². The predicted octanol–water partition coefficient (Wildman–Crippen LogP) is 3.91. The van der Waals surface area contributed by atoms with E-state index in [0.29, 0.717) is 6.54 Å². The van der Waals surface area contributed by atoms with Gasteiger partial charge in [0.2, 0.25) is 5.91 Å². The van der Waals surface area contributed by atoms with Gasteiger partial charge in [-0.2, -0.15) is 0 Å². The van der Waals surface area contributed by atoms with Crippen LogP contribution in [-0.4, -0.2) is 30.8 Å². The lowest BCUT2D eigenvalue weighted by Gasteiger charge is -2.32. The molecule has 24 heavy (non-hydrogen) atoms. The molecule has 1 fully saturated rings. The molecule has 0 aliphatic carbocycles. The first-order chi connectivity index (χ1) is 11.0. The Bertz CT molecular complexity index is 654. The summed E-state index contributed by atoms with van der Waals surface area (Å²) in [7, 11) is -0.491. The van der Waals surface area contributed by atoms with Gasteiger partial charge in [-0.1, -0.05) is 34.1 Å². The van der Waals surface area contributed by atoms with Gasteiger partial charge in [0.1, 0.15) is 0 Å². The highest BCUT2D eigenvalue weighted by molar-refractivity contribution is 9.10. The summed E-state index contributed by atoms with van der Waals surface area (Å²) in [5.41, 5.74) is 2.25. The van der Waals surface area contributed by atoms with Crippen molar-refractivity contribution in [2.75, 3.05) is 6.54 Å². The molecule has 1 aromatic carbocycles. The average Bonchev–Trinajstić information content (AvgIpc) is 2.65. The number of hydrogen-bond donors (Lipinski definition) is 1. The van der Waals surface area contributed by atoms with Gasteiger partial charge in [-0.3, -0.25) is 4.79 Å². The van der Waals surface area contributed by atoms with Gasteiger partial charge in [-0.25, -0.2) is 0 Å². The first kappa shape index (κ1) is 19.2. The molecule has 0 unspecified atom stereocenters. The van der Waals surface area contributed by atoms with Crippen LogP contribution in [0, 0.1) is 6.92 Å². The topological polar surface area (TPSA) is 47.6 Å². The number of carbonyl (C=O) groups is 1. The zero-order valence-corrected chi connectivity index (χ0v) is 16.8. The smallest absolute Gasteiger partial charge is 0.400 e. The molecule has 0 spiro atoms. The second kappa shape index (κ2) is 7.02. The van der Waals surface area contributed by atoms with Gasteiger partial charge in [-0.05, 0) is 57.3 Å². The third-order valence-corrected chi connectivity index (χ3v) is 5.28. The van der Waals surface area contributed by atoms with Crippen LogP contribution >= 0.6 is 15.9 Å². The maximum absolute atomic E-state index is 11.4. The Morgan fingerprint density at radius 2 is 1.83 bits per heavy atom. The lowest BCUT2D eigenvalue weighted by Crippen LogP contribution is -2.41. The number of aryl methyl sites for hydroxylation is 1. The zero-order valence-electron chi connectivity index (χ0n) is 15.2. The Morgan fingerprint density at radius 3 is 2.33 bits per heavy atom. The van der Waals surface area contributed by atoms with Crippen LogP contribution in [-0.2, 0) is 14.1 Å². The Morgan fingerprint density at radius 1 is 1.25 bits per heavy atom. The second-order valence-electron chi connectivity index (χ2n) is 7.24. The van der Waals surface area contributed by atoms with Gasteiger partial charge in [-0.15, -0.1) is 0 Å². The van der Waals surface area contributed by atoms with Gasteiger partial charge in [0.25, 0.3) is 0 Å². The maximum Gasteiger partial charge on any atom is 0.492 e. The first-order valence-electron chi connectivity index (χ1n) is 8.08. The highest BCUT2D eigenvalue weighted by Crippen LogP contribution is 2.39. The van der Waals surface area contributed by atoms with Gasteiger partial charge >= 0.3 is 7.12 Å². The van der Waals surface area contributed by atoms with Crippen molar-refractivity contribution in [1.29, 1.82) is 0 Å². The van der Waals surface area contributed by atoms with Crippen molar-refractivity contribution in [3.8, 4) is 0 Å². The number of rotatable bonds is 4. The number of hydrogen-bond acceptors (Lipinski definition) is 3. The Balaban J connectivity index is 2.35. The van der Waals surface area contributed by atoms with Gasteiger partial charge < -0.3 is 14.6 Å². The molecule has 1 aliphatic rings. The molecular formula is C18H25BBrNO3. The molecule has 2 rings (SSSR count). The van der Waals surface area contributed by atoms with Crippen LogP contribution in [0.1, 0.15) is 45.7 Å². The molecule has 1 aromatic rings. The summed E-state index contributed by atoms with van der Waals surface area (Å²) in [6.45, 7) is 12.0. The number of halogens is 1. The summed E-state index contributed by atoms with van der Waals surface area (Å²) >= 11 is 3.60. The average molecular weight is 394 g/mol. The summed E-state index contributed by atoms with van der Waals surface area (Å²) in [6.07, 6.45) is 2.02. The molecule has 1 aliphatic heterocycles. The predicted molar refractivity (Wildman–Crippen MR) is 102 cm³/mol. The third-order valence-electron chi connectivity index (χ3n) is 4.59. The SMILES string of the molecule is CC(=O)NCC(=Cc1ccc(C)cc1Br)B1OC(C)(C)C(C)(C)O1. The van der Waals surface area contributed by atoms with E-state index < -0.39 is 18.3 Å². The fourth-order valence-electron chi connectivity index (χ4n) is 2.37. The molecular weight excluding hydrogens is 369 g/mol. The Labute approximate surface area is 153 Å². The van der Waals surface area contributed by atoms with Gasteiger partial charge in [0.05, 0.1) is 11.2 Å². The van der Waals surface area contributed by atoms with Crippen molar-refractivity contribution in [2.24, 2.45) is 0 Å². The Hall–Kier alpha value is -1.11. The highest BCUT2D eigenvalue weighted by atomic mass is 79.9. The molecule has 4 nitrogen and oxygen atoms in total. The van der Waals surface area contributed by atoms with Crippen LogP contribution in [0.4, 0.5) is 0 Å².